The second-order valence-corrected chi connectivity index (χ2v) is 5.46. The van der Waals surface area contributed by atoms with E-state index in [1.807, 2.05) is 31.2 Å². The fourth-order valence-electron chi connectivity index (χ4n) is 2.88. The lowest BCUT2D eigenvalue weighted by Crippen LogP contribution is -2.70. The SMILES string of the molecule is CCOC(=O)[C@@H]1[C@@H]2NC(=S)N[C@]1(C)Oc1ccccc12. The first kappa shape index (κ1) is 13.2. The topological polar surface area (TPSA) is 59.6 Å². The Bertz CT molecular complexity index is 577. The zero-order chi connectivity index (χ0) is 14.3. The predicted octanol–water partition coefficient (Wildman–Crippen LogP) is 1.49. The molecule has 0 aromatic heterocycles. The monoisotopic (exact) mass is 292 g/mol. The number of rotatable bonds is 2. The van der Waals surface area contributed by atoms with Crippen molar-refractivity contribution in [2.45, 2.75) is 25.6 Å². The Kier molecular flexibility index (Phi) is 3.05. The van der Waals surface area contributed by atoms with Crippen LogP contribution in [0, 0.1) is 5.92 Å². The summed E-state index contributed by atoms with van der Waals surface area (Å²) in [6.07, 6.45) is 0. The normalized spacial score (nSPS) is 30.4. The van der Waals surface area contributed by atoms with Crippen molar-refractivity contribution in [3.8, 4) is 5.75 Å². The second kappa shape index (κ2) is 4.63. The van der Waals surface area contributed by atoms with Crippen LogP contribution in [0.2, 0.25) is 0 Å². The Morgan fingerprint density at radius 2 is 2.25 bits per heavy atom. The van der Waals surface area contributed by atoms with Gasteiger partial charge in [-0.1, -0.05) is 18.2 Å². The van der Waals surface area contributed by atoms with E-state index in [1.165, 1.54) is 0 Å². The molecule has 20 heavy (non-hydrogen) atoms. The maximum absolute atomic E-state index is 12.3. The molecule has 0 aliphatic carbocycles. The average Bonchev–Trinajstić information content (AvgIpc) is 2.37. The van der Waals surface area contributed by atoms with Crippen LogP contribution in [0.5, 0.6) is 5.75 Å². The van der Waals surface area contributed by atoms with Crippen molar-refractivity contribution in [1.29, 1.82) is 0 Å². The van der Waals surface area contributed by atoms with Gasteiger partial charge in [-0.15, -0.1) is 0 Å². The lowest BCUT2D eigenvalue weighted by molar-refractivity contribution is -0.161. The molecule has 106 valence electrons. The highest BCUT2D eigenvalue weighted by molar-refractivity contribution is 7.80. The van der Waals surface area contributed by atoms with Crippen molar-refractivity contribution in [3.63, 3.8) is 0 Å². The third-order valence-electron chi connectivity index (χ3n) is 3.69. The predicted molar refractivity (Wildman–Crippen MR) is 77.2 cm³/mol. The van der Waals surface area contributed by atoms with Gasteiger partial charge in [0.25, 0.3) is 0 Å². The number of ether oxygens (including phenoxy) is 2. The third-order valence-corrected chi connectivity index (χ3v) is 3.91. The summed E-state index contributed by atoms with van der Waals surface area (Å²) >= 11 is 5.21. The van der Waals surface area contributed by atoms with Gasteiger partial charge in [0.2, 0.25) is 0 Å². The fraction of sp³-hybridized carbons (Fsp3) is 0.429. The minimum absolute atomic E-state index is 0.238. The van der Waals surface area contributed by atoms with Gasteiger partial charge in [-0.2, -0.15) is 0 Å². The molecule has 2 bridgehead atoms. The quantitative estimate of drug-likeness (QED) is 0.636. The van der Waals surface area contributed by atoms with Crippen LogP contribution in [0.3, 0.4) is 0 Å². The first-order valence-electron chi connectivity index (χ1n) is 6.58. The molecule has 0 radical (unpaired) electrons. The van der Waals surface area contributed by atoms with Crippen LogP contribution in [0.1, 0.15) is 25.5 Å². The maximum Gasteiger partial charge on any atom is 0.317 e. The average molecular weight is 292 g/mol. The molecule has 0 saturated carbocycles. The summed E-state index contributed by atoms with van der Waals surface area (Å²) in [7, 11) is 0. The van der Waals surface area contributed by atoms with E-state index < -0.39 is 11.6 Å². The van der Waals surface area contributed by atoms with Crippen molar-refractivity contribution in [3.05, 3.63) is 29.8 Å². The summed E-state index contributed by atoms with van der Waals surface area (Å²) in [5, 5.41) is 6.69. The highest BCUT2D eigenvalue weighted by atomic mass is 32.1. The Balaban J connectivity index is 2.08. The van der Waals surface area contributed by atoms with Crippen molar-refractivity contribution >= 4 is 23.3 Å². The molecular formula is C14H16N2O3S. The molecule has 3 atom stereocenters. The molecule has 3 rings (SSSR count). The Morgan fingerprint density at radius 3 is 3.00 bits per heavy atom. The Labute approximate surface area is 122 Å². The Hall–Kier alpha value is -1.82. The molecule has 1 fully saturated rings. The summed E-state index contributed by atoms with van der Waals surface area (Å²) in [6, 6.07) is 7.41. The van der Waals surface area contributed by atoms with E-state index in [-0.39, 0.29) is 12.0 Å². The van der Waals surface area contributed by atoms with Gasteiger partial charge in [0, 0.05) is 5.56 Å². The summed E-state index contributed by atoms with van der Waals surface area (Å²) in [5.74, 6) is -0.0379. The molecule has 0 unspecified atom stereocenters. The molecule has 1 aromatic rings. The lowest BCUT2D eigenvalue weighted by Gasteiger charge is -2.50. The van der Waals surface area contributed by atoms with Gasteiger partial charge < -0.3 is 20.1 Å². The third kappa shape index (κ3) is 1.91. The smallest absolute Gasteiger partial charge is 0.317 e. The highest BCUT2D eigenvalue weighted by Crippen LogP contribution is 2.44. The van der Waals surface area contributed by atoms with Crippen molar-refractivity contribution in [2.75, 3.05) is 6.61 Å². The minimum atomic E-state index is -0.895. The van der Waals surface area contributed by atoms with E-state index >= 15 is 0 Å². The highest BCUT2D eigenvalue weighted by Gasteiger charge is 2.55. The molecule has 6 heteroatoms. The standard InChI is InChI=1S/C14H16N2O3S/c1-3-18-12(17)10-11-8-6-4-5-7-9(8)19-14(10,2)16-13(20)15-11/h4-7,10-11H,3H2,1-2H3,(H2,15,16,20)/t10-,11+,14+/m0/s1. The molecule has 0 spiro atoms. The van der Waals surface area contributed by atoms with Gasteiger partial charge in [0.15, 0.2) is 10.8 Å². The molecule has 2 N–H and O–H groups in total. The van der Waals surface area contributed by atoms with Crippen LogP contribution in [0.4, 0.5) is 0 Å². The zero-order valence-electron chi connectivity index (χ0n) is 11.3. The van der Waals surface area contributed by atoms with E-state index in [4.69, 9.17) is 21.7 Å². The van der Waals surface area contributed by atoms with E-state index in [9.17, 15) is 4.79 Å². The molecular weight excluding hydrogens is 276 g/mol. The molecule has 2 heterocycles. The summed E-state index contributed by atoms with van der Waals surface area (Å²) < 4.78 is 11.2. The van der Waals surface area contributed by atoms with Gasteiger partial charge in [-0.25, -0.2) is 0 Å². The molecule has 0 amide bonds. The van der Waals surface area contributed by atoms with Crippen molar-refractivity contribution < 1.29 is 14.3 Å². The van der Waals surface area contributed by atoms with E-state index in [0.29, 0.717) is 11.7 Å². The van der Waals surface area contributed by atoms with Gasteiger partial charge in [0.05, 0.1) is 12.6 Å². The van der Waals surface area contributed by atoms with E-state index in [1.54, 1.807) is 6.92 Å². The van der Waals surface area contributed by atoms with Crippen LogP contribution in [-0.4, -0.2) is 23.4 Å². The lowest BCUT2D eigenvalue weighted by atomic mass is 9.80. The minimum Gasteiger partial charge on any atom is -0.467 e. The summed E-state index contributed by atoms with van der Waals surface area (Å²) in [4.78, 5) is 12.3. The number of para-hydroxylation sites is 1. The van der Waals surface area contributed by atoms with Crippen molar-refractivity contribution in [2.24, 2.45) is 5.92 Å². The second-order valence-electron chi connectivity index (χ2n) is 5.05. The number of thiocarbonyl (C=S) groups is 1. The number of hydrogen-bond acceptors (Lipinski definition) is 4. The molecule has 2 aliphatic heterocycles. The fourth-order valence-corrected chi connectivity index (χ4v) is 3.21. The van der Waals surface area contributed by atoms with Crippen LogP contribution in [-0.2, 0) is 9.53 Å². The molecule has 1 aromatic carbocycles. The number of hydrogen-bond donors (Lipinski definition) is 2. The van der Waals surface area contributed by atoms with Crippen molar-refractivity contribution in [1.82, 2.24) is 10.6 Å². The molecule has 5 nitrogen and oxygen atoms in total. The number of fused-ring (bicyclic) bond motifs is 4. The van der Waals surface area contributed by atoms with Crippen LogP contribution in [0.25, 0.3) is 0 Å². The number of esters is 1. The summed E-state index contributed by atoms with van der Waals surface area (Å²) in [6.45, 7) is 3.95. The molecule has 2 aliphatic rings. The van der Waals surface area contributed by atoms with Crippen LogP contribution < -0.4 is 15.4 Å². The van der Waals surface area contributed by atoms with E-state index in [0.717, 1.165) is 11.3 Å². The number of benzene rings is 1. The van der Waals surface area contributed by atoms with Crippen LogP contribution >= 0.6 is 12.2 Å². The zero-order valence-corrected chi connectivity index (χ0v) is 12.1. The largest absolute Gasteiger partial charge is 0.467 e. The van der Waals surface area contributed by atoms with Gasteiger partial charge >= 0.3 is 5.97 Å². The van der Waals surface area contributed by atoms with E-state index in [2.05, 4.69) is 10.6 Å². The van der Waals surface area contributed by atoms with Crippen LogP contribution in [0.15, 0.2) is 24.3 Å². The Morgan fingerprint density at radius 1 is 1.50 bits per heavy atom. The van der Waals surface area contributed by atoms with Gasteiger partial charge in [0.1, 0.15) is 11.7 Å². The number of carbonyl (C=O) groups excluding carboxylic acids is 1. The number of carbonyl (C=O) groups is 1. The summed E-state index contributed by atoms with van der Waals surface area (Å²) in [5.41, 5.74) is 0.0278. The molecule has 1 saturated heterocycles. The first-order chi connectivity index (χ1) is 9.55. The maximum atomic E-state index is 12.3. The van der Waals surface area contributed by atoms with Gasteiger partial charge in [-0.3, -0.25) is 4.79 Å². The van der Waals surface area contributed by atoms with Gasteiger partial charge in [-0.05, 0) is 32.1 Å². The first-order valence-corrected chi connectivity index (χ1v) is 6.99. The number of nitrogens with one attached hydrogen (secondary N) is 2.